The van der Waals surface area contributed by atoms with E-state index in [-0.39, 0.29) is 24.2 Å². The van der Waals surface area contributed by atoms with Crippen molar-refractivity contribution in [1.82, 2.24) is 20.0 Å². The number of hydrogen-bond acceptors (Lipinski definition) is 5. The zero-order chi connectivity index (χ0) is 22.0. The topological polar surface area (TPSA) is 72.1 Å². The predicted octanol–water partition coefficient (Wildman–Crippen LogP) is 4.75. The fourth-order valence-electron chi connectivity index (χ4n) is 4.13. The second-order valence-electron chi connectivity index (χ2n) is 8.07. The average Bonchev–Trinajstić information content (AvgIpc) is 3.37. The molecular weight excluding hydrogens is 395 g/mol. The summed E-state index contributed by atoms with van der Waals surface area (Å²) in [6.45, 7) is 6.56. The van der Waals surface area contributed by atoms with E-state index in [2.05, 4.69) is 17.1 Å². The van der Waals surface area contributed by atoms with E-state index >= 15 is 0 Å². The number of hydrogen-bond donors (Lipinski definition) is 0. The summed E-state index contributed by atoms with van der Waals surface area (Å²) in [5.41, 5.74) is 3.73. The van der Waals surface area contributed by atoms with Crippen molar-refractivity contribution in [1.29, 1.82) is 0 Å². The van der Waals surface area contributed by atoms with Crippen LogP contribution in [0.5, 0.6) is 0 Å². The number of rotatable bonds is 6. The summed E-state index contributed by atoms with van der Waals surface area (Å²) in [7, 11) is 0. The molecule has 3 heterocycles. The Bertz CT molecular complexity index is 1090. The fourth-order valence-corrected chi connectivity index (χ4v) is 4.13. The largest absolute Gasteiger partial charge is 0.356 e. The second-order valence-corrected chi connectivity index (χ2v) is 8.07. The van der Waals surface area contributed by atoms with Crippen molar-refractivity contribution in [2.45, 2.75) is 58.9 Å². The van der Waals surface area contributed by atoms with Gasteiger partial charge in [-0.25, -0.2) is 14.4 Å². The molecule has 6 nitrogen and oxygen atoms in total. The summed E-state index contributed by atoms with van der Waals surface area (Å²) in [4.78, 5) is 24.4. The Balaban J connectivity index is 1.71. The van der Waals surface area contributed by atoms with Crippen molar-refractivity contribution in [3.05, 3.63) is 64.6 Å². The van der Waals surface area contributed by atoms with Crippen LogP contribution in [0.1, 0.15) is 60.6 Å². The van der Waals surface area contributed by atoms with Crippen LogP contribution in [0.4, 0.5) is 4.39 Å². The number of carbonyl (C=O) groups excluding carboxylic acids is 1. The SMILES string of the molecule is CCCc1ncc(-c2onc(C)c2C)c([C@H]2CCCN2C(=O)Cc2ccccc2F)n1. The van der Waals surface area contributed by atoms with Crippen LogP contribution in [0.3, 0.4) is 0 Å². The van der Waals surface area contributed by atoms with Crippen LogP contribution in [-0.2, 0) is 17.6 Å². The highest BCUT2D eigenvalue weighted by Gasteiger charge is 2.34. The molecule has 1 aliphatic heterocycles. The minimum absolute atomic E-state index is 0.0336. The molecule has 3 aromatic rings. The predicted molar refractivity (Wildman–Crippen MR) is 115 cm³/mol. The molecule has 1 aliphatic rings. The number of amides is 1. The van der Waals surface area contributed by atoms with Crippen molar-refractivity contribution in [2.75, 3.05) is 6.54 Å². The molecule has 162 valence electrons. The van der Waals surface area contributed by atoms with Crippen LogP contribution in [0.2, 0.25) is 0 Å². The first-order chi connectivity index (χ1) is 15.0. The number of carbonyl (C=O) groups is 1. The van der Waals surface area contributed by atoms with Crippen LogP contribution in [-0.4, -0.2) is 32.5 Å². The van der Waals surface area contributed by atoms with Crippen molar-refractivity contribution in [3.8, 4) is 11.3 Å². The molecule has 1 fully saturated rings. The fraction of sp³-hybridized carbons (Fsp3) is 0.417. The zero-order valence-corrected chi connectivity index (χ0v) is 18.2. The van der Waals surface area contributed by atoms with Crippen molar-refractivity contribution < 1.29 is 13.7 Å². The monoisotopic (exact) mass is 422 g/mol. The summed E-state index contributed by atoms with van der Waals surface area (Å²) in [6, 6.07) is 6.23. The minimum Gasteiger partial charge on any atom is -0.356 e. The molecule has 1 amide bonds. The molecule has 1 atom stereocenters. The summed E-state index contributed by atoms with van der Waals surface area (Å²) < 4.78 is 19.7. The Morgan fingerprint density at radius 2 is 2.10 bits per heavy atom. The maximum Gasteiger partial charge on any atom is 0.227 e. The van der Waals surface area contributed by atoms with E-state index in [4.69, 9.17) is 9.51 Å². The molecule has 7 heteroatoms. The van der Waals surface area contributed by atoms with Gasteiger partial charge < -0.3 is 9.42 Å². The summed E-state index contributed by atoms with van der Waals surface area (Å²) >= 11 is 0. The van der Waals surface area contributed by atoms with E-state index < -0.39 is 0 Å². The third-order valence-electron chi connectivity index (χ3n) is 5.93. The van der Waals surface area contributed by atoms with E-state index in [9.17, 15) is 9.18 Å². The van der Waals surface area contributed by atoms with Gasteiger partial charge in [-0.1, -0.05) is 30.3 Å². The van der Waals surface area contributed by atoms with Gasteiger partial charge in [-0.15, -0.1) is 0 Å². The minimum atomic E-state index is -0.354. The molecule has 0 N–H and O–H groups in total. The Morgan fingerprint density at radius 1 is 1.29 bits per heavy atom. The van der Waals surface area contributed by atoms with Gasteiger partial charge in [0.2, 0.25) is 5.91 Å². The van der Waals surface area contributed by atoms with Crippen molar-refractivity contribution in [2.24, 2.45) is 0 Å². The molecular formula is C24H27FN4O2. The lowest BCUT2D eigenvalue weighted by Gasteiger charge is -2.26. The molecule has 1 aromatic carbocycles. The number of likely N-dealkylation sites (tertiary alicyclic amines) is 1. The lowest BCUT2D eigenvalue weighted by molar-refractivity contribution is -0.131. The van der Waals surface area contributed by atoms with E-state index in [0.717, 1.165) is 54.0 Å². The van der Waals surface area contributed by atoms with Gasteiger partial charge in [0.05, 0.1) is 29.4 Å². The smallest absolute Gasteiger partial charge is 0.227 e. The first-order valence-electron chi connectivity index (χ1n) is 10.8. The summed E-state index contributed by atoms with van der Waals surface area (Å²) in [5, 5.41) is 4.09. The van der Waals surface area contributed by atoms with Gasteiger partial charge in [-0.05, 0) is 44.7 Å². The number of aromatic nitrogens is 3. The summed E-state index contributed by atoms with van der Waals surface area (Å²) in [6.07, 6.45) is 5.18. The van der Waals surface area contributed by atoms with Gasteiger partial charge in [0.15, 0.2) is 5.76 Å². The molecule has 0 aliphatic carbocycles. The highest BCUT2D eigenvalue weighted by atomic mass is 19.1. The Morgan fingerprint density at radius 3 is 2.81 bits per heavy atom. The molecule has 31 heavy (non-hydrogen) atoms. The van der Waals surface area contributed by atoms with E-state index in [1.807, 2.05) is 18.7 Å². The van der Waals surface area contributed by atoms with Gasteiger partial charge in [0.25, 0.3) is 0 Å². The average molecular weight is 423 g/mol. The highest BCUT2D eigenvalue weighted by molar-refractivity contribution is 5.80. The maximum absolute atomic E-state index is 14.1. The van der Waals surface area contributed by atoms with Gasteiger partial charge in [-0.2, -0.15) is 0 Å². The van der Waals surface area contributed by atoms with E-state index in [1.54, 1.807) is 24.4 Å². The molecule has 0 radical (unpaired) electrons. The first-order valence-corrected chi connectivity index (χ1v) is 10.8. The lowest BCUT2D eigenvalue weighted by Crippen LogP contribution is -2.33. The van der Waals surface area contributed by atoms with Crippen LogP contribution in [0, 0.1) is 19.7 Å². The number of nitrogens with zero attached hydrogens (tertiary/aromatic N) is 4. The Kier molecular flexibility index (Phi) is 6.11. The zero-order valence-electron chi connectivity index (χ0n) is 18.2. The summed E-state index contributed by atoms with van der Waals surface area (Å²) in [5.74, 6) is 0.944. The molecule has 1 saturated heterocycles. The number of benzene rings is 1. The quantitative estimate of drug-likeness (QED) is 0.573. The molecule has 0 bridgehead atoms. The number of halogens is 1. The highest BCUT2D eigenvalue weighted by Crippen LogP contribution is 2.38. The molecule has 0 spiro atoms. The maximum atomic E-state index is 14.1. The molecule has 0 unspecified atom stereocenters. The van der Waals surface area contributed by atoms with Gasteiger partial charge in [0.1, 0.15) is 11.6 Å². The Labute approximate surface area is 181 Å². The number of aryl methyl sites for hydroxylation is 2. The van der Waals surface area contributed by atoms with E-state index in [1.165, 1.54) is 6.07 Å². The van der Waals surface area contributed by atoms with Gasteiger partial charge in [-0.3, -0.25) is 4.79 Å². The van der Waals surface area contributed by atoms with Crippen molar-refractivity contribution >= 4 is 5.91 Å². The van der Waals surface area contributed by atoms with E-state index in [0.29, 0.717) is 17.9 Å². The van der Waals surface area contributed by atoms with Crippen LogP contribution < -0.4 is 0 Å². The third kappa shape index (κ3) is 4.22. The molecule has 4 rings (SSSR count). The normalized spacial score (nSPS) is 16.1. The standard InChI is InChI=1S/C24H27FN4O2/c1-4-8-21-26-14-18(24-15(2)16(3)28-31-24)23(27-21)20-11-7-12-29(20)22(30)13-17-9-5-6-10-19(17)25/h5-6,9-10,14,20H,4,7-8,11-13H2,1-3H3/t20-/m1/s1. The van der Waals surface area contributed by atoms with Crippen molar-refractivity contribution in [3.63, 3.8) is 0 Å². The Hall–Kier alpha value is -3.09. The second kappa shape index (κ2) is 8.96. The third-order valence-corrected chi connectivity index (χ3v) is 5.93. The molecule has 2 aromatic heterocycles. The van der Waals surface area contributed by atoms with Gasteiger partial charge >= 0.3 is 0 Å². The first kappa shape index (κ1) is 21.2. The van der Waals surface area contributed by atoms with Crippen LogP contribution >= 0.6 is 0 Å². The van der Waals surface area contributed by atoms with Crippen LogP contribution in [0.25, 0.3) is 11.3 Å². The van der Waals surface area contributed by atoms with Crippen LogP contribution in [0.15, 0.2) is 35.0 Å². The lowest BCUT2D eigenvalue weighted by atomic mass is 10.0. The van der Waals surface area contributed by atoms with Gasteiger partial charge in [0, 0.05) is 24.7 Å². The molecule has 0 saturated carbocycles.